The third kappa shape index (κ3) is 2.20. The Balaban J connectivity index is 2.45. The van der Waals surface area contributed by atoms with E-state index in [0.29, 0.717) is 16.1 Å². The molecular formula is C11H16N2O2S. The summed E-state index contributed by atoms with van der Waals surface area (Å²) in [6, 6.07) is 3.56. The van der Waals surface area contributed by atoms with E-state index in [2.05, 4.69) is 4.72 Å². The number of nitrogens with one attached hydrogen (secondary N) is 1. The number of anilines is 1. The fourth-order valence-corrected chi connectivity index (χ4v) is 3.28. The number of nitrogen functional groups attached to an aromatic ring is 1. The molecule has 1 aliphatic rings. The Morgan fingerprint density at radius 3 is 2.50 bits per heavy atom. The van der Waals surface area contributed by atoms with E-state index in [0.717, 1.165) is 18.4 Å². The molecule has 0 saturated heterocycles. The molecule has 0 aliphatic heterocycles. The molecule has 4 nitrogen and oxygen atoms in total. The van der Waals surface area contributed by atoms with Crippen molar-refractivity contribution in [2.75, 3.05) is 5.73 Å². The number of nitrogens with two attached hydrogens (primary N) is 1. The van der Waals surface area contributed by atoms with Gasteiger partial charge in [-0.15, -0.1) is 0 Å². The highest BCUT2D eigenvalue weighted by molar-refractivity contribution is 7.89. The smallest absolute Gasteiger partial charge is 0.241 e. The van der Waals surface area contributed by atoms with E-state index in [1.165, 1.54) is 0 Å². The molecule has 1 aliphatic carbocycles. The van der Waals surface area contributed by atoms with Gasteiger partial charge in [0, 0.05) is 11.7 Å². The average molecular weight is 240 g/mol. The molecule has 88 valence electrons. The zero-order valence-corrected chi connectivity index (χ0v) is 10.3. The first-order valence-electron chi connectivity index (χ1n) is 5.29. The predicted molar refractivity (Wildman–Crippen MR) is 63.7 cm³/mol. The van der Waals surface area contributed by atoms with Crippen LogP contribution in [-0.4, -0.2) is 14.5 Å². The summed E-state index contributed by atoms with van der Waals surface area (Å²) in [4.78, 5) is 0.303. The Kier molecular flexibility index (Phi) is 2.67. The van der Waals surface area contributed by atoms with Crippen LogP contribution in [-0.2, 0) is 10.0 Å². The lowest BCUT2D eigenvalue weighted by Crippen LogP contribution is -2.26. The number of aryl methyl sites for hydroxylation is 1. The molecular weight excluding hydrogens is 224 g/mol. The van der Waals surface area contributed by atoms with Gasteiger partial charge in [0.25, 0.3) is 0 Å². The molecule has 0 unspecified atom stereocenters. The van der Waals surface area contributed by atoms with Crippen LogP contribution >= 0.6 is 0 Å². The quantitative estimate of drug-likeness (QED) is 0.783. The molecule has 2 rings (SSSR count). The van der Waals surface area contributed by atoms with Gasteiger partial charge >= 0.3 is 0 Å². The Morgan fingerprint density at radius 2 is 1.94 bits per heavy atom. The second kappa shape index (κ2) is 3.75. The van der Waals surface area contributed by atoms with Crippen LogP contribution in [0.5, 0.6) is 0 Å². The normalized spacial score (nSPS) is 16.4. The fourth-order valence-electron chi connectivity index (χ4n) is 1.62. The molecule has 0 radical (unpaired) electrons. The SMILES string of the molecule is Cc1cc(N)c(C)c(S(=O)(=O)NC2CC2)c1. The lowest BCUT2D eigenvalue weighted by molar-refractivity contribution is 0.580. The van der Waals surface area contributed by atoms with E-state index in [9.17, 15) is 8.42 Å². The van der Waals surface area contributed by atoms with E-state index in [1.807, 2.05) is 6.92 Å². The van der Waals surface area contributed by atoms with Crippen molar-refractivity contribution in [2.45, 2.75) is 37.6 Å². The van der Waals surface area contributed by atoms with Gasteiger partial charge in [-0.3, -0.25) is 0 Å². The first-order chi connectivity index (χ1) is 7.40. The van der Waals surface area contributed by atoms with Crippen molar-refractivity contribution in [1.82, 2.24) is 4.72 Å². The molecule has 0 spiro atoms. The van der Waals surface area contributed by atoms with Crippen LogP contribution in [0, 0.1) is 13.8 Å². The van der Waals surface area contributed by atoms with Crippen LogP contribution in [0.4, 0.5) is 5.69 Å². The van der Waals surface area contributed by atoms with Crippen LogP contribution < -0.4 is 10.5 Å². The number of rotatable bonds is 3. The Hall–Kier alpha value is -1.07. The Labute approximate surface area is 95.9 Å². The predicted octanol–water partition coefficient (Wildman–Crippen LogP) is 1.33. The van der Waals surface area contributed by atoms with E-state index >= 15 is 0 Å². The zero-order valence-electron chi connectivity index (χ0n) is 9.45. The summed E-state index contributed by atoms with van der Waals surface area (Å²) < 4.78 is 26.7. The van der Waals surface area contributed by atoms with Gasteiger partial charge in [0.2, 0.25) is 10.0 Å². The van der Waals surface area contributed by atoms with Gasteiger partial charge in [0.05, 0.1) is 4.90 Å². The Morgan fingerprint density at radius 1 is 1.31 bits per heavy atom. The average Bonchev–Trinajstić information content (AvgIpc) is 2.94. The van der Waals surface area contributed by atoms with Gasteiger partial charge < -0.3 is 5.73 Å². The minimum atomic E-state index is -3.40. The first-order valence-corrected chi connectivity index (χ1v) is 6.77. The summed E-state index contributed by atoms with van der Waals surface area (Å²) in [6.45, 7) is 3.57. The number of hydrogen-bond acceptors (Lipinski definition) is 3. The molecule has 16 heavy (non-hydrogen) atoms. The molecule has 0 amide bonds. The minimum absolute atomic E-state index is 0.117. The summed E-state index contributed by atoms with van der Waals surface area (Å²) in [5.74, 6) is 0. The lowest BCUT2D eigenvalue weighted by atomic mass is 10.1. The molecule has 0 aromatic heterocycles. The van der Waals surface area contributed by atoms with Crippen molar-refractivity contribution in [3.05, 3.63) is 23.3 Å². The minimum Gasteiger partial charge on any atom is -0.398 e. The van der Waals surface area contributed by atoms with Crippen molar-refractivity contribution < 1.29 is 8.42 Å². The van der Waals surface area contributed by atoms with Crippen molar-refractivity contribution >= 4 is 15.7 Å². The van der Waals surface area contributed by atoms with Gasteiger partial charge in [-0.1, -0.05) is 0 Å². The van der Waals surface area contributed by atoms with E-state index in [4.69, 9.17) is 5.73 Å². The van der Waals surface area contributed by atoms with Crippen LogP contribution in [0.1, 0.15) is 24.0 Å². The topological polar surface area (TPSA) is 72.2 Å². The fraction of sp³-hybridized carbons (Fsp3) is 0.455. The van der Waals surface area contributed by atoms with Crippen LogP contribution in [0.25, 0.3) is 0 Å². The van der Waals surface area contributed by atoms with Crippen molar-refractivity contribution in [1.29, 1.82) is 0 Å². The van der Waals surface area contributed by atoms with Crippen molar-refractivity contribution in [2.24, 2.45) is 0 Å². The largest absolute Gasteiger partial charge is 0.398 e. The monoisotopic (exact) mass is 240 g/mol. The highest BCUT2D eigenvalue weighted by Gasteiger charge is 2.29. The second-order valence-electron chi connectivity index (χ2n) is 4.37. The van der Waals surface area contributed by atoms with Crippen LogP contribution in [0.3, 0.4) is 0 Å². The van der Waals surface area contributed by atoms with Crippen molar-refractivity contribution in [3.8, 4) is 0 Å². The highest BCUT2D eigenvalue weighted by atomic mass is 32.2. The maximum atomic E-state index is 12.0. The molecule has 1 fully saturated rings. The van der Waals surface area contributed by atoms with E-state index < -0.39 is 10.0 Å². The number of hydrogen-bond donors (Lipinski definition) is 2. The second-order valence-corrected chi connectivity index (χ2v) is 6.06. The maximum Gasteiger partial charge on any atom is 0.241 e. The zero-order chi connectivity index (χ0) is 11.9. The van der Waals surface area contributed by atoms with Crippen molar-refractivity contribution in [3.63, 3.8) is 0 Å². The van der Waals surface area contributed by atoms with Gasteiger partial charge in [0.15, 0.2) is 0 Å². The molecule has 5 heteroatoms. The lowest BCUT2D eigenvalue weighted by Gasteiger charge is -2.11. The summed E-state index contributed by atoms with van der Waals surface area (Å²) in [7, 11) is -3.40. The molecule has 0 heterocycles. The third-order valence-corrected chi connectivity index (χ3v) is 4.38. The van der Waals surface area contributed by atoms with Crippen LogP contribution in [0.2, 0.25) is 0 Å². The molecule has 0 bridgehead atoms. The number of sulfonamides is 1. The molecule has 3 N–H and O–H groups in total. The van der Waals surface area contributed by atoms with Gasteiger partial charge in [0.1, 0.15) is 0 Å². The third-order valence-electron chi connectivity index (χ3n) is 2.73. The number of benzene rings is 1. The van der Waals surface area contributed by atoms with Gasteiger partial charge in [-0.05, 0) is 49.9 Å². The first kappa shape index (κ1) is 11.4. The molecule has 1 saturated carbocycles. The Bertz CT molecular complexity index is 519. The maximum absolute atomic E-state index is 12.0. The van der Waals surface area contributed by atoms with E-state index in [1.54, 1.807) is 19.1 Å². The van der Waals surface area contributed by atoms with Gasteiger partial charge in [-0.2, -0.15) is 0 Å². The summed E-state index contributed by atoms with van der Waals surface area (Å²) in [5.41, 5.74) is 7.78. The molecule has 0 atom stereocenters. The highest BCUT2D eigenvalue weighted by Crippen LogP contribution is 2.26. The molecule has 1 aromatic carbocycles. The van der Waals surface area contributed by atoms with Crippen LogP contribution in [0.15, 0.2) is 17.0 Å². The summed E-state index contributed by atoms with van der Waals surface area (Å²) in [6.07, 6.45) is 1.86. The standard InChI is InChI=1S/C11H16N2O2S/c1-7-5-10(12)8(2)11(6-7)16(14,15)13-9-3-4-9/h5-6,9,13H,3-4,12H2,1-2H3. The summed E-state index contributed by atoms with van der Waals surface area (Å²) in [5, 5.41) is 0. The van der Waals surface area contributed by atoms with E-state index in [-0.39, 0.29) is 6.04 Å². The molecule has 1 aromatic rings. The summed E-state index contributed by atoms with van der Waals surface area (Å²) >= 11 is 0. The van der Waals surface area contributed by atoms with Gasteiger partial charge in [-0.25, -0.2) is 13.1 Å².